The third kappa shape index (κ3) is 2.17. The van der Waals surface area contributed by atoms with Gasteiger partial charge < -0.3 is 15.2 Å². The van der Waals surface area contributed by atoms with Gasteiger partial charge in [0.2, 0.25) is 0 Å². The Morgan fingerprint density at radius 3 is 2.78 bits per heavy atom. The zero-order valence-electron chi connectivity index (χ0n) is 9.93. The van der Waals surface area contributed by atoms with E-state index in [4.69, 9.17) is 15.2 Å². The van der Waals surface area contributed by atoms with Crippen molar-refractivity contribution in [1.82, 2.24) is 10.2 Å². The highest BCUT2D eigenvalue weighted by atomic mass is 16.5. The Morgan fingerprint density at radius 2 is 2.17 bits per heavy atom. The van der Waals surface area contributed by atoms with Crippen LogP contribution in [0.15, 0.2) is 30.5 Å². The van der Waals surface area contributed by atoms with Gasteiger partial charge in [0.15, 0.2) is 0 Å². The van der Waals surface area contributed by atoms with Gasteiger partial charge in [-0.25, -0.2) is 0 Å². The lowest BCUT2D eigenvalue weighted by atomic mass is 10.1. The quantitative estimate of drug-likeness (QED) is 0.865. The topological polar surface area (TPSA) is 73.2 Å². The van der Waals surface area contributed by atoms with Gasteiger partial charge in [0, 0.05) is 12.0 Å². The molecule has 1 aliphatic heterocycles. The second-order valence-electron chi connectivity index (χ2n) is 4.33. The molecule has 0 radical (unpaired) electrons. The number of hydrogen-bond donors (Lipinski definition) is 2. The van der Waals surface area contributed by atoms with Gasteiger partial charge in [-0.3, -0.25) is 5.10 Å². The Labute approximate surface area is 105 Å². The number of H-pyrrole nitrogens is 1. The minimum Gasteiger partial charge on any atom is -0.488 e. The largest absolute Gasteiger partial charge is 0.488 e. The molecule has 1 aliphatic rings. The fraction of sp³-hybridized carbons (Fsp3) is 0.308. The lowest BCUT2D eigenvalue weighted by Crippen LogP contribution is -2.15. The van der Waals surface area contributed by atoms with Crippen molar-refractivity contribution in [3.05, 3.63) is 30.5 Å². The maximum Gasteiger partial charge on any atom is 0.126 e. The first-order valence-corrected chi connectivity index (χ1v) is 5.96. The number of nitrogens with two attached hydrogens (primary N) is 1. The van der Waals surface area contributed by atoms with Crippen molar-refractivity contribution in [3.8, 4) is 16.9 Å². The lowest BCUT2D eigenvalue weighted by Gasteiger charge is -2.11. The maximum atomic E-state index is 5.80. The van der Waals surface area contributed by atoms with E-state index in [1.807, 2.05) is 24.3 Å². The van der Waals surface area contributed by atoms with E-state index in [0.29, 0.717) is 12.4 Å². The molecule has 0 aliphatic carbocycles. The number of aromatic amines is 1. The Morgan fingerprint density at radius 1 is 1.33 bits per heavy atom. The van der Waals surface area contributed by atoms with Gasteiger partial charge in [-0.05, 0) is 17.7 Å². The van der Waals surface area contributed by atoms with E-state index < -0.39 is 0 Å². The number of nitrogen functional groups attached to an aromatic ring is 1. The van der Waals surface area contributed by atoms with Crippen molar-refractivity contribution in [3.63, 3.8) is 0 Å². The molecule has 5 nitrogen and oxygen atoms in total. The smallest absolute Gasteiger partial charge is 0.126 e. The van der Waals surface area contributed by atoms with Crippen LogP contribution in [0.25, 0.3) is 11.1 Å². The predicted octanol–water partition coefficient (Wildman–Crippen LogP) is 1.83. The van der Waals surface area contributed by atoms with Crippen LogP contribution in [0.1, 0.15) is 6.42 Å². The number of ether oxygens (including phenoxy) is 2. The number of anilines is 1. The molecule has 1 aromatic carbocycles. The molecular weight excluding hydrogens is 230 g/mol. The molecule has 3 rings (SSSR count). The molecule has 1 atom stereocenters. The second-order valence-corrected chi connectivity index (χ2v) is 4.33. The monoisotopic (exact) mass is 245 g/mol. The summed E-state index contributed by atoms with van der Waals surface area (Å²) in [5.41, 5.74) is 7.71. The van der Waals surface area contributed by atoms with Gasteiger partial charge in [0.1, 0.15) is 17.7 Å². The van der Waals surface area contributed by atoms with E-state index in [1.54, 1.807) is 6.20 Å². The third-order valence-electron chi connectivity index (χ3n) is 3.02. The summed E-state index contributed by atoms with van der Waals surface area (Å²) in [7, 11) is 0. The molecule has 2 heterocycles. The van der Waals surface area contributed by atoms with Crippen LogP contribution in [0, 0.1) is 0 Å². The third-order valence-corrected chi connectivity index (χ3v) is 3.02. The average Bonchev–Trinajstić information content (AvgIpc) is 3.02. The zero-order chi connectivity index (χ0) is 12.4. The summed E-state index contributed by atoms with van der Waals surface area (Å²) in [6.07, 6.45) is 2.85. The normalized spacial score (nSPS) is 19.0. The number of benzene rings is 1. The Hall–Kier alpha value is -2.01. The van der Waals surface area contributed by atoms with E-state index in [0.717, 1.165) is 29.9 Å². The van der Waals surface area contributed by atoms with E-state index >= 15 is 0 Å². The first-order valence-electron chi connectivity index (χ1n) is 5.96. The summed E-state index contributed by atoms with van der Waals surface area (Å²) in [4.78, 5) is 0. The van der Waals surface area contributed by atoms with Gasteiger partial charge >= 0.3 is 0 Å². The van der Waals surface area contributed by atoms with Crippen molar-refractivity contribution in [2.45, 2.75) is 12.5 Å². The number of aromatic nitrogens is 2. The van der Waals surface area contributed by atoms with Crippen LogP contribution in [-0.2, 0) is 4.74 Å². The molecule has 18 heavy (non-hydrogen) atoms. The minimum atomic E-state index is 0.176. The number of nitrogens with one attached hydrogen (secondary N) is 1. The molecule has 0 amide bonds. The maximum absolute atomic E-state index is 5.80. The fourth-order valence-electron chi connectivity index (χ4n) is 2.04. The molecule has 5 heteroatoms. The fourth-order valence-corrected chi connectivity index (χ4v) is 2.04. The van der Waals surface area contributed by atoms with Crippen LogP contribution in [-0.4, -0.2) is 29.5 Å². The van der Waals surface area contributed by atoms with Gasteiger partial charge in [-0.1, -0.05) is 12.1 Å². The van der Waals surface area contributed by atoms with Gasteiger partial charge in [0.25, 0.3) is 0 Å². The Bertz CT molecular complexity index is 515. The van der Waals surface area contributed by atoms with Crippen LogP contribution >= 0.6 is 0 Å². The van der Waals surface area contributed by atoms with Crippen molar-refractivity contribution >= 4 is 5.82 Å². The van der Waals surface area contributed by atoms with Crippen LogP contribution in [0.2, 0.25) is 0 Å². The van der Waals surface area contributed by atoms with Crippen LogP contribution in [0.4, 0.5) is 5.82 Å². The molecule has 94 valence electrons. The van der Waals surface area contributed by atoms with Crippen molar-refractivity contribution in [1.29, 1.82) is 0 Å². The number of nitrogens with zero attached hydrogens (tertiary/aromatic N) is 1. The van der Waals surface area contributed by atoms with E-state index in [2.05, 4.69) is 10.2 Å². The van der Waals surface area contributed by atoms with Crippen molar-refractivity contribution in [2.24, 2.45) is 0 Å². The number of rotatable bonds is 3. The predicted molar refractivity (Wildman–Crippen MR) is 68.3 cm³/mol. The van der Waals surface area contributed by atoms with E-state index in [1.165, 1.54) is 0 Å². The van der Waals surface area contributed by atoms with Crippen LogP contribution in [0.5, 0.6) is 5.75 Å². The molecule has 0 spiro atoms. The molecule has 0 bridgehead atoms. The Balaban J connectivity index is 1.74. The number of hydrogen-bond acceptors (Lipinski definition) is 4. The van der Waals surface area contributed by atoms with E-state index in [9.17, 15) is 0 Å². The molecule has 3 N–H and O–H groups in total. The highest BCUT2D eigenvalue weighted by molar-refractivity contribution is 5.73. The molecule has 1 saturated heterocycles. The highest BCUT2D eigenvalue weighted by Gasteiger charge is 2.17. The standard InChI is InChI=1S/C13H15N3O2/c14-13-12(7-15-16-13)9-1-3-10(4-2-9)18-11-5-6-17-8-11/h1-4,7,11H,5-6,8H2,(H3,14,15,16). The van der Waals surface area contributed by atoms with Gasteiger partial charge in [0.05, 0.1) is 19.4 Å². The van der Waals surface area contributed by atoms with E-state index in [-0.39, 0.29) is 6.10 Å². The minimum absolute atomic E-state index is 0.176. The molecule has 0 saturated carbocycles. The van der Waals surface area contributed by atoms with Crippen molar-refractivity contribution < 1.29 is 9.47 Å². The SMILES string of the molecule is Nc1[nH]ncc1-c1ccc(OC2CCOC2)cc1. The van der Waals surface area contributed by atoms with Crippen molar-refractivity contribution in [2.75, 3.05) is 18.9 Å². The summed E-state index contributed by atoms with van der Waals surface area (Å²) in [6.45, 7) is 1.46. The summed E-state index contributed by atoms with van der Waals surface area (Å²) in [5.74, 6) is 1.43. The zero-order valence-corrected chi connectivity index (χ0v) is 9.93. The second kappa shape index (κ2) is 4.70. The lowest BCUT2D eigenvalue weighted by molar-refractivity contribution is 0.141. The summed E-state index contributed by atoms with van der Waals surface area (Å²) >= 11 is 0. The molecule has 1 unspecified atom stereocenters. The van der Waals surface area contributed by atoms with Crippen LogP contribution in [0.3, 0.4) is 0 Å². The first-order chi connectivity index (χ1) is 8.83. The molecular formula is C13H15N3O2. The molecule has 1 fully saturated rings. The highest BCUT2D eigenvalue weighted by Crippen LogP contribution is 2.26. The summed E-state index contributed by atoms with van der Waals surface area (Å²) < 4.78 is 11.1. The summed E-state index contributed by atoms with van der Waals surface area (Å²) in [5, 5.41) is 6.63. The van der Waals surface area contributed by atoms with Crippen LogP contribution < -0.4 is 10.5 Å². The Kier molecular flexibility index (Phi) is 2.90. The average molecular weight is 245 g/mol. The first kappa shape index (κ1) is 11.1. The summed E-state index contributed by atoms with van der Waals surface area (Å²) in [6, 6.07) is 7.85. The molecule has 2 aromatic rings. The van der Waals surface area contributed by atoms with Gasteiger partial charge in [-0.2, -0.15) is 5.10 Å². The van der Waals surface area contributed by atoms with Gasteiger partial charge in [-0.15, -0.1) is 0 Å². The molecule has 1 aromatic heterocycles.